The summed E-state index contributed by atoms with van der Waals surface area (Å²) in [7, 11) is -7.58. The zero-order valence-electron chi connectivity index (χ0n) is 41.0. The first-order valence-corrected chi connectivity index (χ1v) is 28.3. The number of piperazine rings is 1. The molecule has 3 aromatic rings. The largest absolute Gasteiger partial charge is 0.484 e. The maximum absolute atomic E-state index is 13.4. The molecule has 3 aliphatic heterocycles. The second-order valence-electron chi connectivity index (χ2n) is 18.8. The van der Waals surface area contributed by atoms with E-state index in [-0.39, 0.29) is 46.0 Å². The van der Waals surface area contributed by atoms with E-state index in [1.54, 1.807) is 42.5 Å². The lowest BCUT2D eigenvalue weighted by atomic mass is 9.98. The minimum atomic E-state index is -3.80. The number of rotatable bonds is 25. The quantitative estimate of drug-likeness (QED) is 0.0602. The van der Waals surface area contributed by atoms with Crippen LogP contribution in [0.25, 0.3) is 0 Å². The summed E-state index contributed by atoms with van der Waals surface area (Å²) in [4.78, 5) is 31.5. The minimum Gasteiger partial charge on any atom is -0.484 e. The molecule has 8 N–H and O–H groups in total. The molecule has 0 aromatic heterocycles. The number of fused-ring (bicyclic) bond motifs is 1. The van der Waals surface area contributed by atoms with Crippen molar-refractivity contribution >= 4 is 43.7 Å². The van der Waals surface area contributed by atoms with E-state index in [2.05, 4.69) is 59.0 Å². The van der Waals surface area contributed by atoms with Crippen LogP contribution >= 0.6 is 11.6 Å². The summed E-state index contributed by atoms with van der Waals surface area (Å²) >= 11 is 6.45. The minimum absolute atomic E-state index is 0.00374. The Morgan fingerprint density at radius 3 is 2.10 bits per heavy atom. The number of nitriles is 1. The summed E-state index contributed by atoms with van der Waals surface area (Å²) in [5.74, 6) is 0.623. The van der Waals surface area contributed by atoms with Gasteiger partial charge in [0.1, 0.15) is 11.9 Å². The van der Waals surface area contributed by atoms with Crippen molar-refractivity contribution in [3.8, 4) is 11.8 Å². The smallest absolute Gasteiger partial charge is 0.314 e. The topological polar surface area (TPSA) is 262 Å². The van der Waals surface area contributed by atoms with Crippen LogP contribution in [0.2, 0.25) is 5.02 Å². The zero-order chi connectivity index (χ0) is 51.1. The molecule has 3 aromatic carbocycles. The fourth-order valence-electron chi connectivity index (χ4n) is 9.96. The summed E-state index contributed by atoms with van der Waals surface area (Å²) in [5.41, 5.74) is 3.14. The molecule has 3 fully saturated rings. The number of likely N-dealkylation sites (tertiary alicyclic amines) is 2. The molecule has 0 radical (unpaired) electrons. The summed E-state index contributed by atoms with van der Waals surface area (Å²) < 4.78 is 71.8. The Kier molecular flexibility index (Phi) is 20.3. The molecule has 5 atom stereocenters. The zero-order valence-corrected chi connectivity index (χ0v) is 43.3. The number of ether oxygens (including phenoxy) is 3. The van der Waals surface area contributed by atoms with Crippen LogP contribution in [0.5, 0.6) is 5.75 Å². The van der Waals surface area contributed by atoms with Crippen molar-refractivity contribution in [3.05, 3.63) is 87.9 Å². The van der Waals surface area contributed by atoms with Crippen LogP contribution in [0.4, 0.5) is 9.59 Å². The number of amides is 4. The number of halogens is 1. The second kappa shape index (κ2) is 26.5. The lowest BCUT2D eigenvalue weighted by Gasteiger charge is -2.38. The van der Waals surface area contributed by atoms with Gasteiger partial charge in [-0.05, 0) is 117 Å². The average Bonchev–Trinajstić information content (AvgIpc) is 4.11. The van der Waals surface area contributed by atoms with Gasteiger partial charge in [0.25, 0.3) is 0 Å². The van der Waals surface area contributed by atoms with E-state index >= 15 is 0 Å². The van der Waals surface area contributed by atoms with E-state index in [9.17, 15) is 31.7 Å². The number of nitrogens with one attached hydrogen (secondary N) is 6. The molecule has 0 spiro atoms. The molecule has 20 nitrogen and oxygen atoms in total. The summed E-state index contributed by atoms with van der Waals surface area (Å²) in [6.07, 6.45) is 3.16. The molecule has 23 heteroatoms. The van der Waals surface area contributed by atoms with E-state index in [0.29, 0.717) is 120 Å². The molecule has 4 amide bonds. The number of carbonyl (C=O) groups is 2. The maximum Gasteiger partial charge on any atom is 0.314 e. The summed E-state index contributed by atoms with van der Waals surface area (Å²) in [6, 6.07) is 18.7. The van der Waals surface area contributed by atoms with Crippen molar-refractivity contribution in [2.24, 2.45) is 5.14 Å². The lowest BCUT2D eigenvalue weighted by Crippen LogP contribution is -2.54. The van der Waals surface area contributed by atoms with Gasteiger partial charge in [0.2, 0.25) is 20.0 Å². The second-order valence-corrected chi connectivity index (χ2v) is 22.5. The van der Waals surface area contributed by atoms with Crippen molar-refractivity contribution < 1.29 is 40.6 Å². The number of benzene rings is 3. The van der Waals surface area contributed by atoms with E-state index in [0.717, 1.165) is 62.4 Å². The van der Waals surface area contributed by atoms with Gasteiger partial charge in [0.15, 0.2) is 0 Å². The number of primary sulfonamides is 1. The van der Waals surface area contributed by atoms with Crippen molar-refractivity contribution in [2.75, 3.05) is 112 Å². The molecule has 7 rings (SSSR count). The van der Waals surface area contributed by atoms with Crippen molar-refractivity contribution in [2.45, 2.75) is 79.0 Å². The first-order valence-electron chi connectivity index (χ1n) is 24.9. The fraction of sp³-hybridized carbons (Fsp3) is 0.571. The van der Waals surface area contributed by atoms with Crippen LogP contribution in [0, 0.1) is 11.3 Å². The highest BCUT2D eigenvalue weighted by molar-refractivity contribution is 7.89. The van der Waals surface area contributed by atoms with Gasteiger partial charge in [-0.2, -0.15) is 5.26 Å². The molecule has 3 saturated heterocycles. The number of nitrogens with two attached hydrogens (primary N) is 1. The Balaban J connectivity index is 0.686. The highest BCUT2D eigenvalue weighted by Gasteiger charge is 2.41. The highest BCUT2D eigenvalue weighted by atomic mass is 35.5. The molecule has 3 heterocycles. The third-order valence-corrected chi connectivity index (χ3v) is 16.3. The van der Waals surface area contributed by atoms with Crippen molar-refractivity contribution in [1.82, 2.24) is 46.0 Å². The Morgan fingerprint density at radius 1 is 0.806 bits per heavy atom. The van der Waals surface area contributed by atoms with Crippen molar-refractivity contribution in [1.29, 1.82) is 5.26 Å². The highest BCUT2D eigenvalue weighted by Crippen LogP contribution is 2.41. The number of hydrogen-bond acceptors (Lipinski definition) is 14. The molecule has 4 aliphatic rings. The molecule has 394 valence electrons. The molecule has 0 unspecified atom stereocenters. The van der Waals surface area contributed by atoms with Gasteiger partial charge >= 0.3 is 12.1 Å². The SMILES string of the molecule is C[C@@H]1CN([C@H]2Cc3c(C#N)cc(Cl)cc3[C@@H]2Oc2ccc(S(=O)(=O)N[C@H]3CCN(CCOCCNC(=O)NCCCCNC(=O)NCCOCCN4CC[C@@H](c5ccccc5S(N)(=O)=O)C4)C3)cc2)CCN1. The molecular weight excluding hydrogens is 986 g/mol. The number of nitrogens with zero attached hydrogens (tertiary/aromatic N) is 4. The average molecular weight is 1060 g/mol. The molecule has 0 bridgehead atoms. The summed E-state index contributed by atoms with van der Waals surface area (Å²) in [6.45, 7) is 12.1. The Bertz CT molecular complexity index is 2560. The van der Waals surface area contributed by atoms with Crippen LogP contribution in [0.1, 0.15) is 66.9 Å². The number of urea groups is 2. The van der Waals surface area contributed by atoms with E-state index < -0.39 is 20.0 Å². The van der Waals surface area contributed by atoms with Crippen LogP contribution in [0.3, 0.4) is 0 Å². The van der Waals surface area contributed by atoms with Gasteiger partial charge < -0.3 is 45.7 Å². The van der Waals surface area contributed by atoms with Gasteiger partial charge in [-0.25, -0.2) is 36.3 Å². The fourth-order valence-corrected chi connectivity index (χ4v) is 12.3. The van der Waals surface area contributed by atoms with E-state index in [1.165, 1.54) is 0 Å². The van der Waals surface area contributed by atoms with Gasteiger partial charge in [0, 0.05) is 89.1 Å². The number of sulfonamides is 2. The van der Waals surface area contributed by atoms with Crippen molar-refractivity contribution in [3.63, 3.8) is 0 Å². The normalized spacial score (nSPS) is 21.8. The summed E-state index contributed by atoms with van der Waals surface area (Å²) in [5, 5.41) is 30.4. The molecular formula is C49H70ClN11O9S2. The van der Waals surface area contributed by atoms with Crippen LogP contribution in [-0.2, 0) is 35.9 Å². The molecule has 0 saturated carbocycles. The van der Waals surface area contributed by atoms with Gasteiger partial charge in [-0.3, -0.25) is 9.80 Å². The third-order valence-electron chi connectivity index (χ3n) is 13.6. The Hall–Kier alpha value is -4.64. The van der Waals surface area contributed by atoms with Gasteiger partial charge in [-0.15, -0.1) is 0 Å². The lowest BCUT2D eigenvalue weighted by molar-refractivity contribution is 0.0595. The van der Waals surface area contributed by atoms with Crippen LogP contribution < -0.4 is 41.2 Å². The van der Waals surface area contributed by atoms with E-state index in [1.807, 2.05) is 18.2 Å². The molecule has 72 heavy (non-hydrogen) atoms. The first-order chi connectivity index (χ1) is 34.7. The standard InChI is InChI=1S/C49H70ClN11O9S2/c1-35-32-61(21-16-53-35)45-30-43-37(31-51)28-38(50)29-44(43)47(45)70-40-8-10-41(11-9-40)72(66,67)58-39-13-20-60(34-39)23-27-69-25-18-57-49(63)55-15-5-4-14-54-48(62)56-17-24-68-26-22-59-19-12-36(33-59)42-6-2-3-7-46(42)71(52,64)65/h2-3,6-11,28-29,35-36,39,45,47,53,58H,4-5,12-27,30,32-34H2,1H3,(H2,52,64,65)(H2,54,56,62)(H2,55,57,63)/t35-,36-,39+,45+,47+/m1/s1. The molecule has 1 aliphatic carbocycles. The number of hydrogen-bond donors (Lipinski definition) is 7. The first kappa shape index (κ1) is 55.1. The van der Waals surface area contributed by atoms with E-state index in [4.69, 9.17) is 31.0 Å². The Labute approximate surface area is 429 Å². The predicted molar refractivity (Wildman–Crippen MR) is 273 cm³/mol. The predicted octanol–water partition coefficient (Wildman–Crippen LogP) is 2.45. The third kappa shape index (κ3) is 15.9. The van der Waals surface area contributed by atoms with Crippen LogP contribution in [0.15, 0.2) is 70.5 Å². The number of unbranched alkanes of at least 4 members (excludes halogenated alkanes) is 1. The monoisotopic (exact) mass is 1060 g/mol. The number of carbonyl (C=O) groups excluding carboxylic acids is 2. The van der Waals surface area contributed by atoms with Crippen LogP contribution in [-0.4, -0.2) is 173 Å². The maximum atomic E-state index is 13.4. The van der Waals surface area contributed by atoms with Gasteiger partial charge in [0.05, 0.1) is 53.9 Å². The Morgan fingerprint density at radius 2 is 1.44 bits per heavy atom. The van der Waals surface area contributed by atoms with Gasteiger partial charge in [-0.1, -0.05) is 29.8 Å².